The predicted octanol–water partition coefficient (Wildman–Crippen LogP) is 4.86. The molecule has 0 bridgehead atoms. The van der Waals surface area contributed by atoms with Crippen molar-refractivity contribution < 1.29 is 19.0 Å². The summed E-state index contributed by atoms with van der Waals surface area (Å²) in [7, 11) is 1.65. The van der Waals surface area contributed by atoms with E-state index >= 15 is 0 Å². The Morgan fingerprint density at radius 1 is 1.24 bits per heavy atom. The molecule has 0 unspecified atom stereocenters. The summed E-state index contributed by atoms with van der Waals surface area (Å²) in [6.07, 6.45) is 9.75. The van der Waals surface area contributed by atoms with Gasteiger partial charge in [-0.15, -0.1) is 0 Å². The van der Waals surface area contributed by atoms with Crippen LogP contribution in [0.1, 0.15) is 69.9 Å². The van der Waals surface area contributed by atoms with Crippen LogP contribution in [0.25, 0.3) is 0 Å². The minimum Gasteiger partial charge on any atom is -0.507 e. The van der Waals surface area contributed by atoms with Crippen LogP contribution in [0, 0.1) is 5.92 Å². The molecule has 0 aromatic heterocycles. The number of alkyl halides is 2. The quantitative estimate of drug-likeness (QED) is 0.444. The summed E-state index contributed by atoms with van der Waals surface area (Å²) in [6.45, 7) is 6.77. The first kappa shape index (κ1) is 26.8. The van der Waals surface area contributed by atoms with Crippen LogP contribution in [0.4, 0.5) is 8.78 Å². The molecule has 1 saturated heterocycles. The third-order valence-corrected chi connectivity index (χ3v) is 7.35. The zero-order valence-corrected chi connectivity index (χ0v) is 20.9. The zero-order chi connectivity index (χ0) is 24.7. The molecule has 190 valence electrons. The first-order valence-corrected chi connectivity index (χ1v) is 12.7. The second kappa shape index (κ2) is 12.2. The molecule has 1 heterocycles. The van der Waals surface area contributed by atoms with Gasteiger partial charge in [0.05, 0.1) is 11.8 Å². The van der Waals surface area contributed by atoms with Crippen LogP contribution in [0.3, 0.4) is 0 Å². The van der Waals surface area contributed by atoms with E-state index in [0.29, 0.717) is 23.9 Å². The first-order valence-electron chi connectivity index (χ1n) is 12.7. The Hall–Kier alpha value is -1.83. The molecule has 1 aromatic rings. The molecule has 3 rings (SSSR count). The highest BCUT2D eigenvalue weighted by atomic mass is 19.3. The van der Waals surface area contributed by atoms with Gasteiger partial charge in [0.15, 0.2) is 0 Å². The van der Waals surface area contributed by atoms with Gasteiger partial charge in [0.2, 0.25) is 0 Å². The Bertz CT molecular complexity index is 858. The molecule has 3 N–H and O–H groups in total. The van der Waals surface area contributed by atoms with Crippen LogP contribution in [0.15, 0.2) is 34.8 Å². The van der Waals surface area contributed by atoms with Crippen LogP contribution in [0.2, 0.25) is 0 Å². The average molecular weight is 478 g/mol. The second-order valence-corrected chi connectivity index (χ2v) is 10.1. The number of aliphatic imine (C=N–C) groups is 1. The number of allylic oxidation sites excluding steroid dienone is 1. The molecular formula is C27H41F2N3O2. The molecule has 2 fully saturated rings. The monoisotopic (exact) mass is 477 g/mol. The van der Waals surface area contributed by atoms with Crippen LogP contribution in [0.5, 0.6) is 5.75 Å². The predicted molar refractivity (Wildman–Crippen MR) is 134 cm³/mol. The van der Waals surface area contributed by atoms with Gasteiger partial charge in [-0.05, 0) is 88.6 Å². The zero-order valence-electron chi connectivity index (χ0n) is 20.9. The molecule has 1 saturated carbocycles. The number of aliphatic hydroxyl groups excluding tert-OH is 1. The fourth-order valence-electron chi connectivity index (χ4n) is 5.21. The maximum absolute atomic E-state index is 13.6. The van der Waals surface area contributed by atoms with Gasteiger partial charge in [-0.3, -0.25) is 4.99 Å². The molecular weight excluding hydrogens is 436 g/mol. The molecule has 1 aliphatic carbocycles. The van der Waals surface area contributed by atoms with Gasteiger partial charge >= 0.3 is 0 Å². The van der Waals surface area contributed by atoms with Gasteiger partial charge in [-0.25, -0.2) is 8.78 Å². The Morgan fingerprint density at radius 3 is 2.62 bits per heavy atom. The van der Waals surface area contributed by atoms with E-state index in [9.17, 15) is 19.0 Å². The average Bonchev–Trinajstić information content (AvgIpc) is 2.80. The summed E-state index contributed by atoms with van der Waals surface area (Å²) in [5.41, 5.74) is 1.75. The fourth-order valence-corrected chi connectivity index (χ4v) is 5.21. The van der Waals surface area contributed by atoms with E-state index in [2.05, 4.69) is 21.3 Å². The van der Waals surface area contributed by atoms with E-state index in [-0.39, 0.29) is 17.4 Å². The lowest BCUT2D eigenvalue weighted by molar-refractivity contribution is 0.0172. The van der Waals surface area contributed by atoms with Crippen molar-refractivity contribution in [3.8, 4) is 5.75 Å². The molecule has 1 aliphatic heterocycles. The number of piperidine rings is 1. The highest BCUT2D eigenvalue weighted by Gasteiger charge is 2.26. The molecule has 2 aliphatic rings. The van der Waals surface area contributed by atoms with Crippen molar-refractivity contribution in [3.63, 3.8) is 0 Å². The van der Waals surface area contributed by atoms with Crippen LogP contribution in [-0.2, 0) is 5.92 Å². The molecule has 34 heavy (non-hydrogen) atoms. The second-order valence-electron chi connectivity index (χ2n) is 10.1. The van der Waals surface area contributed by atoms with Crippen molar-refractivity contribution >= 4 is 5.71 Å². The number of rotatable bonds is 9. The molecule has 7 heteroatoms. The van der Waals surface area contributed by atoms with Crippen molar-refractivity contribution in [3.05, 3.63) is 41.0 Å². The number of halogens is 2. The number of phenols is 1. The van der Waals surface area contributed by atoms with Crippen molar-refractivity contribution in [2.45, 2.75) is 76.9 Å². The highest BCUT2D eigenvalue weighted by Crippen LogP contribution is 2.32. The molecule has 0 radical (unpaired) electrons. The fraction of sp³-hybridized carbons (Fsp3) is 0.667. The largest absolute Gasteiger partial charge is 0.507 e. The van der Waals surface area contributed by atoms with Crippen molar-refractivity contribution in [1.29, 1.82) is 0 Å². The third kappa shape index (κ3) is 7.59. The van der Waals surface area contributed by atoms with Gasteiger partial charge < -0.3 is 20.4 Å². The molecule has 5 nitrogen and oxygen atoms in total. The van der Waals surface area contributed by atoms with E-state index in [0.717, 1.165) is 76.2 Å². The first-order chi connectivity index (χ1) is 16.2. The van der Waals surface area contributed by atoms with Gasteiger partial charge in [0, 0.05) is 44.2 Å². The van der Waals surface area contributed by atoms with Crippen molar-refractivity contribution in [1.82, 2.24) is 10.2 Å². The summed E-state index contributed by atoms with van der Waals surface area (Å²) in [5, 5.41) is 23.7. The van der Waals surface area contributed by atoms with Crippen molar-refractivity contribution in [2.75, 3.05) is 33.2 Å². The van der Waals surface area contributed by atoms with Gasteiger partial charge in [0.1, 0.15) is 5.75 Å². The molecule has 0 spiro atoms. The number of phenolic OH excluding ortho intramolecular Hbond substituents is 1. The van der Waals surface area contributed by atoms with Crippen LogP contribution in [-0.4, -0.2) is 66.2 Å². The van der Waals surface area contributed by atoms with Gasteiger partial charge in [0.25, 0.3) is 5.92 Å². The summed E-state index contributed by atoms with van der Waals surface area (Å²) in [5.74, 6) is -2.43. The smallest absolute Gasteiger partial charge is 0.270 e. The number of aromatic hydroxyl groups is 1. The standard InChI is InChI=1S/C27H41F2N3O2/c1-19(26(30-3)24-11-8-21(17-25(24)34)27(2,28)29)12-14-31-22-5-4-15-32(18-22)16-13-20-6-9-23(33)10-7-20/h8,11-12,17,20,22-23,31,33-34H,4-7,9-10,13-16,18H2,1-3H3/b19-12-,30-26?/t20?,22-,23?/m1/s1. The molecule has 0 amide bonds. The van der Waals surface area contributed by atoms with Gasteiger partial charge in [-0.1, -0.05) is 12.1 Å². The number of benzene rings is 1. The number of hydrogen-bond acceptors (Lipinski definition) is 5. The van der Waals surface area contributed by atoms with Gasteiger partial charge in [-0.2, -0.15) is 0 Å². The van der Waals surface area contributed by atoms with E-state index in [1.165, 1.54) is 25.0 Å². The molecule has 1 aromatic carbocycles. The number of nitrogens with one attached hydrogen (secondary N) is 1. The normalized spacial score (nSPS) is 25.5. The van der Waals surface area contributed by atoms with E-state index in [1.54, 1.807) is 7.05 Å². The minimum absolute atomic E-state index is 0.0842. The summed E-state index contributed by atoms with van der Waals surface area (Å²) in [6, 6.07) is 4.42. The third-order valence-electron chi connectivity index (χ3n) is 7.35. The van der Waals surface area contributed by atoms with Crippen LogP contribution < -0.4 is 5.32 Å². The van der Waals surface area contributed by atoms with E-state index in [4.69, 9.17) is 0 Å². The minimum atomic E-state index is -3.00. The summed E-state index contributed by atoms with van der Waals surface area (Å²) < 4.78 is 27.1. The van der Waals surface area contributed by atoms with E-state index in [1.807, 2.05) is 6.92 Å². The Balaban J connectivity index is 1.49. The lowest BCUT2D eigenvalue weighted by atomic mass is 9.85. The number of aliphatic hydroxyl groups is 1. The van der Waals surface area contributed by atoms with Crippen LogP contribution >= 0.6 is 0 Å². The lowest BCUT2D eigenvalue weighted by Gasteiger charge is -2.34. The molecule has 1 atom stereocenters. The highest BCUT2D eigenvalue weighted by molar-refractivity contribution is 6.13. The summed E-state index contributed by atoms with van der Waals surface area (Å²) in [4.78, 5) is 6.87. The number of likely N-dealkylation sites (tertiary alicyclic amines) is 1. The topological polar surface area (TPSA) is 68.1 Å². The van der Waals surface area contributed by atoms with Crippen molar-refractivity contribution in [2.24, 2.45) is 10.9 Å². The number of hydrogen-bond donors (Lipinski definition) is 3. The SMILES string of the molecule is CN=C(/C(C)=C\CN[C@@H]1CCCN(CCC2CCC(O)CC2)C1)c1ccc(C(C)(F)F)cc1O. The Labute approximate surface area is 203 Å². The summed E-state index contributed by atoms with van der Waals surface area (Å²) >= 11 is 0. The van der Waals surface area contributed by atoms with E-state index < -0.39 is 5.92 Å². The maximum atomic E-state index is 13.6. The Morgan fingerprint density at radius 2 is 1.97 bits per heavy atom. The Kier molecular flexibility index (Phi) is 9.63. The maximum Gasteiger partial charge on any atom is 0.270 e. The lowest BCUT2D eigenvalue weighted by Crippen LogP contribution is -2.46. The number of nitrogens with zero attached hydrogens (tertiary/aromatic N) is 2.